The van der Waals surface area contributed by atoms with Crippen LogP contribution in [0.4, 0.5) is 0 Å². The molecule has 0 saturated heterocycles. The third-order valence-corrected chi connectivity index (χ3v) is 24.4. The van der Waals surface area contributed by atoms with Crippen molar-refractivity contribution in [3.05, 3.63) is 42.1 Å². The van der Waals surface area contributed by atoms with Crippen LogP contribution in [0.5, 0.6) is 0 Å². The van der Waals surface area contributed by atoms with E-state index in [4.69, 9.17) is 46.9 Å². The van der Waals surface area contributed by atoms with E-state index in [2.05, 4.69) is 210 Å². The fourth-order valence-corrected chi connectivity index (χ4v) is 13.7. The van der Waals surface area contributed by atoms with Crippen LogP contribution >= 0.6 is 42.2 Å². The lowest BCUT2D eigenvalue weighted by Gasteiger charge is -2.16. The summed E-state index contributed by atoms with van der Waals surface area (Å²) in [4.78, 5) is 24.0. The van der Waals surface area contributed by atoms with Crippen molar-refractivity contribution in [2.75, 3.05) is 44.8 Å². The maximum Gasteiger partial charge on any atom is 0.325 e. The Bertz CT molecular complexity index is 1640. The molecule has 23 heteroatoms. The van der Waals surface area contributed by atoms with E-state index in [9.17, 15) is 13.0 Å². The van der Waals surface area contributed by atoms with Crippen LogP contribution in [0.3, 0.4) is 0 Å². The van der Waals surface area contributed by atoms with Crippen molar-refractivity contribution in [2.24, 2.45) is 5.73 Å². The van der Waals surface area contributed by atoms with E-state index in [1.165, 1.54) is 11.6 Å². The fourth-order valence-electron chi connectivity index (χ4n) is 4.74. The first-order valence-corrected chi connectivity index (χ1v) is 54.7. The van der Waals surface area contributed by atoms with Crippen molar-refractivity contribution in [2.45, 2.75) is 193 Å². The molecule has 0 amide bonds. The third kappa shape index (κ3) is 85.6. The van der Waals surface area contributed by atoms with Gasteiger partial charge in [-0.2, -0.15) is 8.42 Å². The molecular formula is C47H110ClIN3O9PSSi7. The van der Waals surface area contributed by atoms with Crippen molar-refractivity contribution < 1.29 is 42.4 Å². The summed E-state index contributed by atoms with van der Waals surface area (Å²) >= 11 is 7.26. The predicted molar refractivity (Wildman–Crippen MR) is 341 cm³/mol. The molecule has 0 saturated carbocycles. The van der Waals surface area contributed by atoms with Crippen LogP contribution < -0.4 is 19.4 Å². The van der Waals surface area contributed by atoms with Gasteiger partial charge in [-0.05, 0) is 49.9 Å². The van der Waals surface area contributed by atoms with Crippen LogP contribution in [0.2, 0.25) is 161 Å². The highest BCUT2D eigenvalue weighted by Gasteiger charge is 2.18. The van der Waals surface area contributed by atoms with Crippen molar-refractivity contribution in [3.63, 3.8) is 0 Å². The maximum absolute atomic E-state index is 10.4. The molecule has 0 atom stereocenters. The zero-order valence-corrected chi connectivity index (χ0v) is 59.8. The topological polar surface area (TPSA) is 212 Å². The first kappa shape index (κ1) is 82.2. The summed E-state index contributed by atoms with van der Waals surface area (Å²) in [6.45, 7) is 52.1. The summed E-state index contributed by atoms with van der Waals surface area (Å²) < 4.78 is 42.5. The number of hydrogen-bond acceptors (Lipinski definition) is 9. The Hall–Kier alpha value is 0.878. The Balaban J connectivity index is -0.000000172. The molecule has 0 radical (unpaired) electrons. The smallest absolute Gasteiger partial charge is 0.325 e. The molecule has 0 aliphatic heterocycles. The highest BCUT2D eigenvalue weighted by atomic mass is 127. The van der Waals surface area contributed by atoms with Crippen LogP contribution in [0, 0.1) is 11.5 Å². The predicted octanol–water partition coefficient (Wildman–Crippen LogP) is 12.5. The van der Waals surface area contributed by atoms with Crippen LogP contribution in [0.1, 0.15) is 31.2 Å². The largest absolute Gasteiger partial charge is 0.397 e. The molecule has 9 N–H and O–H groups in total. The lowest BCUT2D eigenvalue weighted by Crippen LogP contribution is -2.37. The van der Waals surface area contributed by atoms with E-state index >= 15 is 0 Å². The molecule has 0 aliphatic carbocycles. The van der Waals surface area contributed by atoms with Gasteiger partial charge in [-0.25, -0.2) is 0 Å². The van der Waals surface area contributed by atoms with Crippen LogP contribution in [-0.2, 0) is 25.9 Å². The Morgan fingerprint density at radius 3 is 1.50 bits per heavy atom. The summed E-state index contributed by atoms with van der Waals surface area (Å²) in [7, 11) is -14.8. The number of nitrogens with two attached hydrogens (primary N) is 1. The minimum atomic E-state index is -3.73. The van der Waals surface area contributed by atoms with Gasteiger partial charge in [0.1, 0.15) is 8.07 Å². The molecule has 1 rings (SSSR count). The maximum atomic E-state index is 10.4. The Labute approximate surface area is 458 Å². The van der Waals surface area contributed by atoms with Gasteiger partial charge in [-0.15, -0.1) is 28.7 Å². The molecule has 0 unspecified atom stereocenters. The van der Waals surface area contributed by atoms with E-state index in [1.54, 1.807) is 5.19 Å². The Morgan fingerprint density at radius 1 is 0.743 bits per heavy atom. The number of nitrogens with one attached hydrogen (secondary N) is 2. The minimum absolute atomic E-state index is 0.0528. The number of aliphatic hydroxyl groups is 2. The monoisotopic (exact) mass is 1280 g/mol. The molecule has 1 aromatic rings. The highest BCUT2D eigenvalue weighted by Crippen LogP contribution is 2.36. The molecule has 0 bridgehead atoms. The molecule has 420 valence electrons. The molecular weight excluding hydrogens is 1170 g/mol. The van der Waals surface area contributed by atoms with Gasteiger partial charge < -0.3 is 25.7 Å². The summed E-state index contributed by atoms with van der Waals surface area (Å²) in [6.07, 6.45) is 4.22. The second kappa shape index (κ2) is 42.9. The Morgan fingerprint density at radius 2 is 1.20 bits per heavy atom. The van der Waals surface area contributed by atoms with Gasteiger partial charge in [0.25, 0.3) is 10.1 Å². The van der Waals surface area contributed by atoms with E-state index in [0.717, 1.165) is 56.7 Å². The highest BCUT2D eigenvalue weighted by molar-refractivity contribution is 14.1. The van der Waals surface area contributed by atoms with E-state index in [0.29, 0.717) is 25.9 Å². The first-order valence-electron chi connectivity index (χ1n) is 24.7. The lowest BCUT2D eigenvalue weighted by atomic mass is 10.2. The SMILES string of the molecule is C=C[Si](C)(C)CCCN.C[Si](C)(C)C#CCCO.C[Si](C)(C)CCCP(=O)(O)O.C[Si](C)(C)CCCS(=O)(=O)O.C[Si](C)(C)CCO.C[Si](C)(C)CCONCl.C[Si](C)(C)c1ccc(CCNI)cc1. The summed E-state index contributed by atoms with van der Waals surface area (Å²) in [5.41, 5.74) is 12.1. The molecule has 70 heavy (non-hydrogen) atoms. The molecule has 1 aromatic carbocycles. The van der Waals surface area contributed by atoms with Crippen molar-refractivity contribution in [1.82, 2.24) is 8.53 Å². The van der Waals surface area contributed by atoms with E-state index < -0.39 is 74.2 Å². The minimum Gasteiger partial charge on any atom is -0.397 e. The zero-order chi connectivity index (χ0) is 56.7. The standard InChI is InChI=1S/C11H18INSi.C7H17NSi.C7H14OSi.C6H17O3PSi.C6H16O3SSi.C5H14ClNOSi.C5H14OSi/c1-14(2,3)11-6-4-10(5-7-11)8-9-13-12;1-4-9(2,3)7-5-6-8;1-9(2,3)7-5-4-6-8;2*1-11(2,3)6-4-5-10(7,8)9;1-9(2,3)5-4-8-7-6;1-7(2,3)5-4-6/h4-7,13H,8-9H2,1-3H3;4H,1,5-8H2,2-3H3;8H,4,6H2,1-3H3;4-6H2,1-3H3,(H2,7,8,9);4-6H2,1-3H3,(H,7,8,9);7H,4-5H2,1-3H3;6H,4-5H2,1-3H3. The number of aliphatic hydroxyl groups excluding tert-OH is 2. The van der Waals surface area contributed by atoms with Gasteiger partial charge in [-0.3, -0.25) is 17.5 Å². The van der Waals surface area contributed by atoms with Crippen LogP contribution in [0.25, 0.3) is 0 Å². The number of halogens is 2. The van der Waals surface area contributed by atoms with Gasteiger partial charge >= 0.3 is 7.60 Å². The van der Waals surface area contributed by atoms with E-state index in [1.807, 2.05) is 0 Å². The van der Waals surface area contributed by atoms with E-state index in [-0.39, 0.29) is 18.5 Å². The van der Waals surface area contributed by atoms with Crippen LogP contribution in [0.15, 0.2) is 36.5 Å². The zero-order valence-electron chi connectivity index (χ0n) is 48.2. The van der Waals surface area contributed by atoms with Crippen molar-refractivity contribution in [1.29, 1.82) is 0 Å². The van der Waals surface area contributed by atoms with Gasteiger partial charge in [0.2, 0.25) is 0 Å². The molecule has 0 aliphatic rings. The van der Waals surface area contributed by atoms with Gasteiger partial charge in [-0.1, -0.05) is 179 Å². The average Bonchev–Trinajstić information content (AvgIpc) is 3.14. The van der Waals surface area contributed by atoms with Gasteiger partial charge in [0.15, 0.2) is 0 Å². The van der Waals surface area contributed by atoms with Crippen molar-refractivity contribution >= 4 is 114 Å². The summed E-state index contributed by atoms with van der Waals surface area (Å²) in [6, 6.07) is 14.5. The third-order valence-electron chi connectivity index (χ3n) is 9.18. The number of benzene rings is 1. The number of rotatable bonds is 23. The molecule has 12 nitrogen and oxygen atoms in total. The van der Waals surface area contributed by atoms with Crippen molar-refractivity contribution in [3.8, 4) is 11.5 Å². The molecule has 0 fully saturated rings. The second-order valence-electron chi connectivity index (χ2n) is 25.0. The summed E-state index contributed by atoms with van der Waals surface area (Å²) in [5, 5.41) is 18.4. The van der Waals surface area contributed by atoms with Crippen LogP contribution in [-0.4, -0.2) is 134 Å². The van der Waals surface area contributed by atoms with Gasteiger partial charge in [0, 0.05) is 92.7 Å². The second-order valence-corrected chi connectivity index (χ2v) is 66.4. The summed E-state index contributed by atoms with van der Waals surface area (Å²) in [5.74, 6) is 2.85. The molecule has 0 aromatic heterocycles. The molecule has 0 spiro atoms. The first-order chi connectivity index (χ1) is 31.3. The normalized spacial score (nSPS) is 12.1. The lowest BCUT2D eigenvalue weighted by molar-refractivity contribution is 0.107. The average molecular weight is 1280 g/mol. The number of hydrogen-bond donors (Lipinski definition) is 8. The quantitative estimate of drug-likeness (QED) is 0.00752. The fraction of sp³-hybridized carbons (Fsp3) is 0.787. The Kier molecular flexibility index (Phi) is 50.4. The molecule has 0 heterocycles. The van der Waals surface area contributed by atoms with Gasteiger partial charge in [0.05, 0.1) is 35.1 Å².